The minimum Gasteiger partial charge on any atom is -0.298 e. The van der Waals surface area contributed by atoms with E-state index in [2.05, 4.69) is 10.3 Å². The number of amides is 1. The van der Waals surface area contributed by atoms with Gasteiger partial charge in [-0.1, -0.05) is 41.9 Å². The molecule has 1 aromatic heterocycles. The van der Waals surface area contributed by atoms with Crippen molar-refractivity contribution in [3.05, 3.63) is 81.3 Å². The van der Waals surface area contributed by atoms with Gasteiger partial charge in [0.15, 0.2) is 15.0 Å². The topological polar surface area (TPSA) is 76.1 Å². The molecule has 0 radical (unpaired) electrons. The van der Waals surface area contributed by atoms with Crippen LogP contribution < -0.4 is 5.32 Å². The van der Waals surface area contributed by atoms with E-state index in [1.54, 1.807) is 30.5 Å². The molecular weight excluding hydrogens is 404 g/mol. The van der Waals surface area contributed by atoms with Gasteiger partial charge in [0.2, 0.25) is 0 Å². The van der Waals surface area contributed by atoms with E-state index in [1.165, 1.54) is 11.3 Å². The SMILES string of the molecule is CS(=O)(=O)Cc1cccc(C(=O)Nc2ncc(Cc3ccccc3Cl)s2)c1. The molecule has 1 amide bonds. The standard InChI is InChI=1S/C19H17ClN2O3S2/c1-27(24,25)12-13-5-4-7-15(9-13)18(23)22-19-21-11-16(26-19)10-14-6-2-3-8-17(14)20/h2-9,11H,10,12H2,1H3,(H,21,22,23). The van der Waals surface area contributed by atoms with Crippen molar-refractivity contribution in [3.8, 4) is 0 Å². The molecule has 8 heteroatoms. The fourth-order valence-corrected chi connectivity index (χ4v) is 4.37. The summed E-state index contributed by atoms with van der Waals surface area (Å²) >= 11 is 7.55. The highest BCUT2D eigenvalue weighted by atomic mass is 35.5. The molecule has 0 aliphatic carbocycles. The Balaban J connectivity index is 1.69. The van der Waals surface area contributed by atoms with Crippen LogP contribution >= 0.6 is 22.9 Å². The lowest BCUT2D eigenvalue weighted by Gasteiger charge is -2.04. The summed E-state index contributed by atoms with van der Waals surface area (Å²) in [5.74, 6) is -0.433. The third-order valence-corrected chi connectivity index (χ3v) is 5.85. The van der Waals surface area contributed by atoms with Crippen molar-refractivity contribution < 1.29 is 13.2 Å². The highest BCUT2D eigenvalue weighted by Gasteiger charge is 2.12. The molecule has 1 N–H and O–H groups in total. The number of nitrogens with zero attached hydrogens (tertiary/aromatic N) is 1. The zero-order valence-electron chi connectivity index (χ0n) is 14.5. The molecule has 0 saturated carbocycles. The molecule has 0 bridgehead atoms. The summed E-state index contributed by atoms with van der Waals surface area (Å²) in [6.45, 7) is 0. The lowest BCUT2D eigenvalue weighted by Crippen LogP contribution is -2.12. The molecule has 1 heterocycles. The molecule has 0 aliphatic heterocycles. The number of carbonyl (C=O) groups excluding carboxylic acids is 1. The van der Waals surface area contributed by atoms with Gasteiger partial charge >= 0.3 is 0 Å². The number of rotatable bonds is 6. The number of sulfone groups is 1. The second-order valence-electron chi connectivity index (χ2n) is 6.12. The minimum absolute atomic E-state index is 0.104. The third-order valence-electron chi connectivity index (χ3n) is 3.71. The van der Waals surface area contributed by atoms with Gasteiger partial charge in [-0.3, -0.25) is 10.1 Å². The van der Waals surface area contributed by atoms with Crippen molar-refractivity contribution in [2.45, 2.75) is 12.2 Å². The molecule has 0 spiro atoms. The monoisotopic (exact) mass is 420 g/mol. The molecule has 5 nitrogen and oxygen atoms in total. The lowest BCUT2D eigenvalue weighted by molar-refractivity contribution is 0.102. The van der Waals surface area contributed by atoms with Gasteiger partial charge in [0.05, 0.1) is 5.75 Å². The van der Waals surface area contributed by atoms with Crippen LogP contribution in [-0.2, 0) is 22.0 Å². The number of hydrogen-bond acceptors (Lipinski definition) is 5. The van der Waals surface area contributed by atoms with E-state index in [9.17, 15) is 13.2 Å². The summed E-state index contributed by atoms with van der Waals surface area (Å²) in [7, 11) is -3.16. The average molecular weight is 421 g/mol. The first-order valence-electron chi connectivity index (χ1n) is 8.06. The fourth-order valence-electron chi connectivity index (χ4n) is 2.55. The molecular formula is C19H17ClN2O3S2. The van der Waals surface area contributed by atoms with Gasteiger partial charge in [0.25, 0.3) is 5.91 Å². The smallest absolute Gasteiger partial charge is 0.257 e. The number of halogens is 1. The van der Waals surface area contributed by atoms with Crippen LogP contribution in [0, 0.1) is 0 Å². The number of benzene rings is 2. The number of thiazole rings is 1. The summed E-state index contributed by atoms with van der Waals surface area (Å²) in [5.41, 5.74) is 1.96. The molecule has 0 atom stereocenters. The minimum atomic E-state index is -3.16. The summed E-state index contributed by atoms with van der Waals surface area (Å²) in [5, 5.41) is 3.93. The largest absolute Gasteiger partial charge is 0.298 e. The maximum atomic E-state index is 12.4. The van der Waals surface area contributed by atoms with Gasteiger partial charge in [0, 0.05) is 34.3 Å². The van der Waals surface area contributed by atoms with E-state index in [4.69, 9.17) is 11.6 Å². The first kappa shape index (κ1) is 19.5. The first-order valence-corrected chi connectivity index (χ1v) is 11.3. The Morgan fingerprint density at radius 2 is 1.96 bits per heavy atom. The third kappa shape index (κ3) is 5.63. The summed E-state index contributed by atoms with van der Waals surface area (Å²) in [6.07, 6.45) is 3.51. The number of nitrogens with one attached hydrogen (secondary N) is 1. The zero-order chi connectivity index (χ0) is 19.4. The van der Waals surface area contributed by atoms with Crippen LogP contribution in [0.15, 0.2) is 54.7 Å². The Morgan fingerprint density at radius 1 is 1.19 bits per heavy atom. The normalized spacial score (nSPS) is 11.3. The number of carbonyl (C=O) groups is 1. The molecule has 140 valence electrons. The van der Waals surface area contributed by atoms with E-state index in [0.717, 1.165) is 16.7 Å². The maximum Gasteiger partial charge on any atom is 0.257 e. The molecule has 0 saturated heterocycles. The van der Waals surface area contributed by atoms with Crippen molar-refractivity contribution in [1.82, 2.24) is 4.98 Å². The molecule has 3 aromatic rings. The van der Waals surface area contributed by atoms with Crippen molar-refractivity contribution in [2.75, 3.05) is 11.6 Å². The second-order valence-corrected chi connectivity index (χ2v) is 9.79. The van der Waals surface area contributed by atoms with E-state index in [0.29, 0.717) is 27.7 Å². The predicted molar refractivity (Wildman–Crippen MR) is 109 cm³/mol. The highest BCUT2D eigenvalue weighted by molar-refractivity contribution is 7.89. The van der Waals surface area contributed by atoms with Crippen LogP contribution in [-0.4, -0.2) is 25.6 Å². The number of aromatic nitrogens is 1. The van der Waals surface area contributed by atoms with E-state index in [-0.39, 0.29) is 11.7 Å². The zero-order valence-corrected chi connectivity index (χ0v) is 16.9. The average Bonchev–Trinajstić information content (AvgIpc) is 3.02. The number of anilines is 1. The molecule has 2 aromatic carbocycles. The Labute approximate surface area is 167 Å². The van der Waals surface area contributed by atoms with Gasteiger partial charge in [0.1, 0.15) is 0 Å². The Kier molecular flexibility index (Phi) is 5.94. The highest BCUT2D eigenvalue weighted by Crippen LogP contribution is 2.25. The van der Waals surface area contributed by atoms with Crippen molar-refractivity contribution in [1.29, 1.82) is 0 Å². The van der Waals surface area contributed by atoms with Crippen LogP contribution in [0.4, 0.5) is 5.13 Å². The Morgan fingerprint density at radius 3 is 2.70 bits per heavy atom. The molecule has 0 unspecified atom stereocenters. The maximum absolute atomic E-state index is 12.4. The lowest BCUT2D eigenvalue weighted by atomic mass is 10.1. The number of hydrogen-bond donors (Lipinski definition) is 1. The summed E-state index contributed by atoms with van der Waals surface area (Å²) in [6, 6.07) is 14.2. The quantitative estimate of drug-likeness (QED) is 0.648. The van der Waals surface area contributed by atoms with Gasteiger partial charge in [-0.2, -0.15) is 0 Å². The molecule has 0 fully saturated rings. The van der Waals surface area contributed by atoms with Gasteiger partial charge < -0.3 is 0 Å². The van der Waals surface area contributed by atoms with Crippen LogP contribution in [0.25, 0.3) is 0 Å². The van der Waals surface area contributed by atoms with Gasteiger partial charge in [-0.15, -0.1) is 11.3 Å². The van der Waals surface area contributed by atoms with Crippen LogP contribution in [0.3, 0.4) is 0 Å². The molecule has 27 heavy (non-hydrogen) atoms. The van der Waals surface area contributed by atoms with E-state index in [1.807, 2.05) is 24.3 Å². The van der Waals surface area contributed by atoms with E-state index < -0.39 is 9.84 Å². The predicted octanol–water partition coefficient (Wildman–Crippen LogP) is 4.18. The van der Waals surface area contributed by atoms with Crippen LogP contribution in [0.5, 0.6) is 0 Å². The van der Waals surface area contributed by atoms with Crippen molar-refractivity contribution >= 4 is 43.8 Å². The van der Waals surface area contributed by atoms with Gasteiger partial charge in [-0.25, -0.2) is 13.4 Å². The van der Waals surface area contributed by atoms with Crippen LogP contribution in [0.1, 0.15) is 26.4 Å². The van der Waals surface area contributed by atoms with Crippen molar-refractivity contribution in [2.24, 2.45) is 0 Å². The Hall–Kier alpha value is -2.22. The Bertz CT molecular complexity index is 1080. The summed E-state index contributed by atoms with van der Waals surface area (Å²) < 4.78 is 22.9. The summed E-state index contributed by atoms with van der Waals surface area (Å²) in [4.78, 5) is 17.7. The first-order chi connectivity index (χ1) is 12.8. The molecule has 0 aliphatic rings. The molecule has 3 rings (SSSR count). The fraction of sp³-hybridized carbons (Fsp3) is 0.158. The van der Waals surface area contributed by atoms with Crippen molar-refractivity contribution in [3.63, 3.8) is 0 Å². The van der Waals surface area contributed by atoms with Gasteiger partial charge in [-0.05, 0) is 29.3 Å². The van der Waals surface area contributed by atoms with E-state index >= 15 is 0 Å². The van der Waals surface area contributed by atoms with Crippen LogP contribution in [0.2, 0.25) is 5.02 Å². The second kappa shape index (κ2) is 8.21.